The second kappa shape index (κ2) is 12.8. The van der Waals surface area contributed by atoms with Crippen molar-refractivity contribution in [2.24, 2.45) is 36.1 Å². The van der Waals surface area contributed by atoms with E-state index in [0.717, 1.165) is 26.1 Å². The van der Waals surface area contributed by atoms with Crippen LogP contribution in [0.5, 0.6) is 11.5 Å². The first-order valence-corrected chi connectivity index (χ1v) is 19.8. The van der Waals surface area contributed by atoms with Gasteiger partial charge in [-0.25, -0.2) is 4.90 Å². The van der Waals surface area contributed by atoms with Gasteiger partial charge in [-0.15, -0.1) is 11.3 Å². The number of carbonyl (C=O) groups excluding carboxylic acids is 4. The minimum Gasteiger partial charge on any atom is -0.504 e. The lowest BCUT2D eigenvalue weighted by atomic mass is 9.51. The molecule has 9 rings (SSSR count). The fraction of sp³-hybridized carbons (Fsp3) is 0.310. The Balaban J connectivity index is 1.16. The number of benzene rings is 3. The van der Waals surface area contributed by atoms with E-state index in [1.54, 1.807) is 65.5 Å². The summed E-state index contributed by atoms with van der Waals surface area (Å²) in [5.41, 5.74) is 2.28. The Hall–Kier alpha value is -4.97. The molecular formula is C42H36Cl2N4O6S. The largest absolute Gasteiger partial charge is 0.504 e. The average Bonchev–Trinajstić information content (AvgIpc) is 3.83. The summed E-state index contributed by atoms with van der Waals surface area (Å²) in [5, 5.41) is 17.6. The zero-order valence-electron chi connectivity index (χ0n) is 30.4. The first kappa shape index (κ1) is 35.7. The number of allylic oxidation sites excluding steroid dienone is 2. The zero-order chi connectivity index (χ0) is 38.7. The summed E-state index contributed by atoms with van der Waals surface area (Å²) in [5.74, 6) is -4.23. The molecule has 0 spiro atoms. The molecule has 2 aliphatic heterocycles. The van der Waals surface area contributed by atoms with Crippen LogP contribution in [-0.4, -0.2) is 45.1 Å². The lowest BCUT2D eigenvalue weighted by Crippen LogP contribution is -2.49. The summed E-state index contributed by atoms with van der Waals surface area (Å²) < 4.78 is 8.40. The summed E-state index contributed by atoms with van der Waals surface area (Å²) in [6.07, 6.45) is 2.50. The molecule has 2 saturated heterocycles. The van der Waals surface area contributed by atoms with Crippen molar-refractivity contribution in [1.29, 1.82) is 0 Å². The topological polar surface area (TPSA) is 122 Å². The summed E-state index contributed by atoms with van der Waals surface area (Å²) in [7, 11) is 1.72. The molecule has 5 aromatic rings. The van der Waals surface area contributed by atoms with Crippen molar-refractivity contribution in [3.05, 3.63) is 99.6 Å². The highest BCUT2D eigenvalue weighted by Crippen LogP contribution is 2.64. The fourth-order valence-corrected chi connectivity index (χ4v) is 11.1. The first-order valence-electron chi connectivity index (χ1n) is 18.2. The molecule has 4 aliphatic rings. The Labute approximate surface area is 330 Å². The first-order chi connectivity index (χ1) is 26.3. The number of amides is 4. The molecule has 2 aliphatic carbocycles. The van der Waals surface area contributed by atoms with Gasteiger partial charge in [-0.3, -0.25) is 28.8 Å². The number of aryl methyl sites for hydroxylation is 2. The van der Waals surface area contributed by atoms with Crippen molar-refractivity contribution in [2.45, 2.75) is 39.5 Å². The van der Waals surface area contributed by atoms with Crippen LogP contribution in [0, 0.1) is 36.0 Å². The molecule has 10 nitrogen and oxygen atoms in total. The molecule has 13 heteroatoms. The van der Waals surface area contributed by atoms with Crippen molar-refractivity contribution in [2.75, 3.05) is 16.4 Å². The third-order valence-corrected chi connectivity index (χ3v) is 14.0. The lowest BCUT2D eigenvalue weighted by molar-refractivity contribution is -0.131. The molecule has 4 amide bonds. The number of rotatable bonds is 6. The quantitative estimate of drug-likeness (QED) is 0.135. The van der Waals surface area contributed by atoms with Gasteiger partial charge in [0.1, 0.15) is 11.5 Å². The van der Waals surface area contributed by atoms with Gasteiger partial charge in [-0.1, -0.05) is 40.9 Å². The number of phenolic OH excluding ortho intramolecular Hbond substituents is 1. The maximum absolute atomic E-state index is 15.2. The second-order valence-corrected chi connectivity index (χ2v) is 16.9. The number of carbonyl (C=O) groups is 4. The molecule has 2 aromatic heterocycles. The van der Waals surface area contributed by atoms with Gasteiger partial charge in [0.15, 0.2) is 11.5 Å². The van der Waals surface area contributed by atoms with E-state index in [4.69, 9.17) is 33.0 Å². The van der Waals surface area contributed by atoms with Crippen LogP contribution in [0.4, 0.5) is 11.5 Å². The van der Waals surface area contributed by atoms with Crippen LogP contribution < -0.4 is 14.5 Å². The summed E-state index contributed by atoms with van der Waals surface area (Å²) in [6, 6.07) is 19.1. The fourth-order valence-electron chi connectivity index (χ4n) is 9.66. The zero-order valence-corrected chi connectivity index (χ0v) is 32.7. The third-order valence-electron chi connectivity index (χ3n) is 12.2. The second-order valence-electron chi connectivity index (χ2n) is 15.0. The van der Waals surface area contributed by atoms with Gasteiger partial charge >= 0.3 is 0 Å². The minimum atomic E-state index is -1.29. The van der Waals surface area contributed by atoms with E-state index < -0.39 is 35.0 Å². The molecule has 3 aromatic carbocycles. The third kappa shape index (κ3) is 5.16. The van der Waals surface area contributed by atoms with Crippen LogP contribution in [0.1, 0.15) is 43.7 Å². The lowest BCUT2D eigenvalue weighted by Gasteiger charge is -2.49. The highest BCUT2D eigenvalue weighted by Gasteiger charge is 2.68. The van der Waals surface area contributed by atoms with E-state index in [9.17, 15) is 19.5 Å². The Bertz CT molecular complexity index is 2530. The van der Waals surface area contributed by atoms with Crippen LogP contribution in [0.25, 0.3) is 20.7 Å². The highest BCUT2D eigenvalue weighted by atomic mass is 35.5. The maximum Gasteiger partial charge on any atom is 0.242 e. The van der Waals surface area contributed by atoms with Crippen molar-refractivity contribution in [1.82, 2.24) is 9.78 Å². The standard InChI is InChI=1S/C42H36Cl2N4O6S/c1-5-54-32-16-21(6-14-31(32)49)36-25-12-13-26-35(40(52)47(38(26)50)24-10-7-22(43)8-11-24)28(25)18-29-39(51)48(41(53)42(29,36)3)34-19-30(45-46(34)4)37-20(2)27-17-23(44)9-15-33(27)55-37/h6-12,14-17,19,26,28-29,35-36,49H,5,13,18H2,1-4H3/t26-,28+,29-,35-,36-,42+/m0/s1. The summed E-state index contributed by atoms with van der Waals surface area (Å²) in [6.45, 7) is 5.95. The number of nitrogens with zero attached hydrogens (tertiary/aromatic N) is 4. The maximum atomic E-state index is 15.2. The number of halogens is 2. The molecule has 55 heavy (non-hydrogen) atoms. The van der Waals surface area contributed by atoms with Gasteiger partial charge < -0.3 is 9.84 Å². The van der Waals surface area contributed by atoms with Crippen LogP contribution in [0.15, 0.2) is 78.4 Å². The molecule has 1 N–H and O–H groups in total. The highest BCUT2D eigenvalue weighted by molar-refractivity contribution is 7.22. The summed E-state index contributed by atoms with van der Waals surface area (Å²) >= 11 is 14.0. The molecule has 3 fully saturated rings. The molecule has 0 radical (unpaired) electrons. The SMILES string of the molecule is CCOc1cc([C@H]2C3=CC[C@@H]4C(=O)N(c5ccc(Cl)cc5)C(=O)[C@@H]4[C@@H]3C[C@H]3C(=O)N(c4cc(-c5sc6ccc(Cl)cc6c5C)nn4C)C(=O)[C@@]23C)ccc1O. The predicted molar refractivity (Wildman–Crippen MR) is 212 cm³/mol. The van der Waals surface area contributed by atoms with Crippen LogP contribution in [0.3, 0.4) is 0 Å². The molecular weight excluding hydrogens is 759 g/mol. The van der Waals surface area contributed by atoms with Crippen molar-refractivity contribution < 1.29 is 29.0 Å². The predicted octanol–water partition coefficient (Wildman–Crippen LogP) is 8.46. The number of aromatic hydroxyl groups is 1. The molecule has 280 valence electrons. The Morgan fingerprint density at radius 2 is 1.67 bits per heavy atom. The number of phenols is 1. The van der Waals surface area contributed by atoms with Crippen LogP contribution in [0.2, 0.25) is 10.0 Å². The van der Waals surface area contributed by atoms with Gasteiger partial charge in [0.2, 0.25) is 23.6 Å². The number of hydrogen-bond donors (Lipinski definition) is 1. The number of hydrogen-bond acceptors (Lipinski definition) is 8. The number of ether oxygens (including phenoxy) is 1. The Kier molecular flexibility index (Phi) is 8.31. The van der Waals surface area contributed by atoms with Gasteiger partial charge in [0, 0.05) is 33.8 Å². The number of imide groups is 2. The number of fused-ring (bicyclic) bond motifs is 5. The van der Waals surface area contributed by atoms with Gasteiger partial charge in [0.25, 0.3) is 0 Å². The van der Waals surface area contributed by atoms with E-state index in [0.29, 0.717) is 45.8 Å². The van der Waals surface area contributed by atoms with E-state index in [1.807, 2.05) is 45.0 Å². The average molecular weight is 796 g/mol. The van der Waals surface area contributed by atoms with Crippen molar-refractivity contribution >= 4 is 79.8 Å². The molecule has 4 heterocycles. The normalized spacial score (nSPS) is 26.1. The van der Waals surface area contributed by atoms with Gasteiger partial charge in [0.05, 0.1) is 40.3 Å². The van der Waals surface area contributed by atoms with E-state index in [2.05, 4.69) is 0 Å². The van der Waals surface area contributed by atoms with E-state index >= 15 is 4.79 Å². The molecule has 0 bridgehead atoms. The number of thiophene rings is 1. The van der Waals surface area contributed by atoms with Crippen molar-refractivity contribution in [3.8, 4) is 22.1 Å². The van der Waals surface area contributed by atoms with E-state index in [-0.39, 0.29) is 41.5 Å². The van der Waals surface area contributed by atoms with Crippen LogP contribution >= 0.6 is 34.5 Å². The Morgan fingerprint density at radius 3 is 2.42 bits per heavy atom. The number of anilines is 2. The molecule has 1 saturated carbocycles. The minimum absolute atomic E-state index is 0.0517. The molecule has 0 unspecified atom stereocenters. The van der Waals surface area contributed by atoms with Crippen molar-refractivity contribution in [3.63, 3.8) is 0 Å². The van der Waals surface area contributed by atoms with E-state index in [1.165, 1.54) is 15.9 Å². The van der Waals surface area contributed by atoms with Gasteiger partial charge in [-0.2, -0.15) is 5.10 Å². The summed E-state index contributed by atoms with van der Waals surface area (Å²) in [4.78, 5) is 61.9. The number of aromatic nitrogens is 2. The Morgan fingerprint density at radius 1 is 0.927 bits per heavy atom. The monoisotopic (exact) mass is 794 g/mol. The van der Waals surface area contributed by atoms with Crippen LogP contribution in [-0.2, 0) is 26.2 Å². The molecule has 6 atom stereocenters. The van der Waals surface area contributed by atoms with Gasteiger partial charge in [-0.05, 0) is 111 Å². The smallest absolute Gasteiger partial charge is 0.242 e.